The highest BCUT2D eigenvalue weighted by molar-refractivity contribution is 6.26. The van der Waals surface area contributed by atoms with E-state index in [2.05, 4.69) is 194 Å². The Hall–Kier alpha value is -7.02. The SMILES string of the molecule is c1ccc(-c2ccc3ccc4cccc5ccc2c3c45)c(-c2ccc3c4c(ccc3c2)-c2ccc3ccccc3c2C42c3ccccc3-c3ccccc32)c1. The molecule has 2 aliphatic carbocycles. The maximum absolute atomic E-state index is 2.44. The maximum Gasteiger partial charge on any atom is 0.0737 e. The topological polar surface area (TPSA) is 0 Å². The third-order valence-electron chi connectivity index (χ3n) is 13.0. The Kier molecular flexibility index (Phi) is 5.65. The fraction of sp³-hybridized carbons (Fsp3) is 0.0182. The fourth-order valence-electron chi connectivity index (χ4n) is 10.9. The molecule has 0 bridgehead atoms. The zero-order valence-electron chi connectivity index (χ0n) is 30.0. The van der Waals surface area contributed by atoms with E-state index in [0.29, 0.717) is 0 Å². The summed E-state index contributed by atoms with van der Waals surface area (Å²) in [5.74, 6) is 0. The lowest BCUT2D eigenvalue weighted by atomic mass is 9.68. The highest BCUT2D eigenvalue weighted by atomic mass is 14.5. The van der Waals surface area contributed by atoms with Crippen LogP contribution in [-0.2, 0) is 5.41 Å². The Bertz CT molecular complexity index is 3370. The van der Waals surface area contributed by atoms with Gasteiger partial charge in [0.2, 0.25) is 0 Å². The summed E-state index contributed by atoms with van der Waals surface area (Å²) < 4.78 is 0. The molecule has 0 aliphatic heterocycles. The first-order chi connectivity index (χ1) is 27.3. The summed E-state index contributed by atoms with van der Waals surface area (Å²) in [5.41, 5.74) is 15.5. The molecule has 55 heavy (non-hydrogen) atoms. The van der Waals surface area contributed by atoms with Crippen LogP contribution in [0.25, 0.3) is 98.4 Å². The van der Waals surface area contributed by atoms with Crippen molar-refractivity contribution in [2.45, 2.75) is 5.41 Å². The van der Waals surface area contributed by atoms with E-state index in [1.54, 1.807) is 0 Å². The van der Waals surface area contributed by atoms with Gasteiger partial charge < -0.3 is 0 Å². The molecule has 252 valence electrons. The van der Waals surface area contributed by atoms with Gasteiger partial charge in [0.25, 0.3) is 0 Å². The quantitative estimate of drug-likeness (QED) is 0.158. The normalized spacial score (nSPS) is 13.6. The molecule has 0 fully saturated rings. The van der Waals surface area contributed by atoms with E-state index in [0.717, 1.165) is 0 Å². The van der Waals surface area contributed by atoms with Gasteiger partial charge in [0, 0.05) is 0 Å². The first kappa shape index (κ1) is 29.4. The van der Waals surface area contributed by atoms with Gasteiger partial charge in [-0.3, -0.25) is 0 Å². The van der Waals surface area contributed by atoms with Gasteiger partial charge in [-0.1, -0.05) is 188 Å². The summed E-state index contributed by atoms with van der Waals surface area (Å²) in [7, 11) is 0. The second-order valence-corrected chi connectivity index (χ2v) is 15.5. The van der Waals surface area contributed by atoms with Crippen molar-refractivity contribution in [2.75, 3.05) is 0 Å². The fourth-order valence-corrected chi connectivity index (χ4v) is 10.9. The van der Waals surface area contributed by atoms with Crippen LogP contribution in [0.3, 0.4) is 0 Å². The van der Waals surface area contributed by atoms with Crippen molar-refractivity contribution in [2.24, 2.45) is 0 Å². The van der Waals surface area contributed by atoms with Crippen molar-refractivity contribution in [3.63, 3.8) is 0 Å². The van der Waals surface area contributed by atoms with Crippen LogP contribution in [0.1, 0.15) is 22.3 Å². The predicted octanol–water partition coefficient (Wildman–Crippen LogP) is 14.6. The lowest BCUT2D eigenvalue weighted by molar-refractivity contribution is 0.809. The van der Waals surface area contributed by atoms with Crippen LogP contribution >= 0.6 is 0 Å². The van der Waals surface area contributed by atoms with E-state index in [1.165, 1.54) is 121 Å². The monoisotopic (exact) mass is 692 g/mol. The molecule has 0 amide bonds. The molecule has 0 nitrogen and oxygen atoms in total. The van der Waals surface area contributed by atoms with E-state index in [9.17, 15) is 0 Å². The molecule has 0 heterocycles. The summed E-state index contributed by atoms with van der Waals surface area (Å²) >= 11 is 0. The van der Waals surface area contributed by atoms with Crippen LogP contribution in [0, 0.1) is 0 Å². The first-order valence-electron chi connectivity index (χ1n) is 19.3. The molecule has 0 radical (unpaired) electrons. The number of hydrogen-bond donors (Lipinski definition) is 0. The van der Waals surface area contributed by atoms with Crippen LogP contribution < -0.4 is 0 Å². The Morgan fingerprint density at radius 3 is 1.49 bits per heavy atom. The lowest BCUT2D eigenvalue weighted by Crippen LogP contribution is -2.26. The third kappa shape index (κ3) is 3.67. The maximum atomic E-state index is 2.44. The molecular weight excluding hydrogens is 661 g/mol. The highest BCUT2D eigenvalue weighted by Crippen LogP contribution is 2.65. The molecule has 0 saturated carbocycles. The van der Waals surface area contributed by atoms with E-state index < -0.39 is 5.41 Å². The Morgan fingerprint density at radius 1 is 0.255 bits per heavy atom. The van der Waals surface area contributed by atoms with Gasteiger partial charge in [-0.2, -0.15) is 0 Å². The van der Waals surface area contributed by atoms with E-state index in [-0.39, 0.29) is 0 Å². The summed E-state index contributed by atoms with van der Waals surface area (Å²) in [6.07, 6.45) is 0. The number of benzene rings is 11. The van der Waals surface area contributed by atoms with Crippen LogP contribution in [0.5, 0.6) is 0 Å². The summed E-state index contributed by atoms with van der Waals surface area (Å²) in [4.78, 5) is 0. The minimum Gasteiger partial charge on any atom is -0.0619 e. The Labute approximate surface area is 318 Å². The van der Waals surface area contributed by atoms with Crippen LogP contribution in [0.2, 0.25) is 0 Å². The van der Waals surface area contributed by atoms with Gasteiger partial charge in [-0.25, -0.2) is 0 Å². The van der Waals surface area contributed by atoms with Gasteiger partial charge in [-0.05, 0) is 127 Å². The molecular formula is C55H32. The van der Waals surface area contributed by atoms with Crippen molar-refractivity contribution in [1.29, 1.82) is 0 Å². The predicted molar refractivity (Wildman–Crippen MR) is 232 cm³/mol. The molecule has 0 saturated heterocycles. The highest BCUT2D eigenvalue weighted by Gasteiger charge is 2.53. The first-order valence-corrected chi connectivity index (χ1v) is 19.3. The van der Waals surface area contributed by atoms with Gasteiger partial charge in [0.15, 0.2) is 0 Å². The van der Waals surface area contributed by atoms with Gasteiger partial charge in [0.05, 0.1) is 5.41 Å². The van der Waals surface area contributed by atoms with E-state index in [1.807, 2.05) is 0 Å². The molecule has 11 aromatic rings. The molecule has 13 rings (SSSR count). The Balaban J connectivity index is 1.07. The minimum absolute atomic E-state index is 0.431. The molecule has 1 spiro atoms. The smallest absolute Gasteiger partial charge is 0.0619 e. The van der Waals surface area contributed by atoms with Crippen molar-refractivity contribution in [3.05, 3.63) is 216 Å². The zero-order valence-corrected chi connectivity index (χ0v) is 30.0. The molecule has 0 atom stereocenters. The molecule has 0 N–H and O–H groups in total. The largest absolute Gasteiger partial charge is 0.0737 e. The average molecular weight is 693 g/mol. The third-order valence-corrected chi connectivity index (χ3v) is 13.0. The van der Waals surface area contributed by atoms with Crippen molar-refractivity contribution in [3.8, 4) is 44.5 Å². The molecule has 2 aliphatic rings. The molecule has 0 aromatic heterocycles. The Morgan fingerprint density at radius 2 is 0.745 bits per heavy atom. The lowest BCUT2D eigenvalue weighted by Gasteiger charge is -2.32. The number of hydrogen-bond acceptors (Lipinski definition) is 0. The molecule has 0 heteroatoms. The average Bonchev–Trinajstić information content (AvgIpc) is 3.73. The molecule has 0 unspecified atom stereocenters. The van der Waals surface area contributed by atoms with Gasteiger partial charge in [0.1, 0.15) is 0 Å². The number of fused-ring (bicyclic) bond motifs is 14. The van der Waals surface area contributed by atoms with E-state index in [4.69, 9.17) is 0 Å². The van der Waals surface area contributed by atoms with Gasteiger partial charge >= 0.3 is 0 Å². The standard InChI is InChI=1S/C55H32/c1-2-14-40-33(10-1)22-30-47-48-31-26-38-32-37(25-27-41(38)54(48)55(53(40)47)49-18-7-5-16-44(49)45-17-6-8-19-50(45)55)39-13-3-4-15-42(39)43-28-23-36-21-20-34-11-9-12-35-24-29-46(43)52(36)51(34)35/h1-32H. The zero-order chi connectivity index (χ0) is 35.8. The molecule has 11 aromatic carbocycles. The van der Waals surface area contributed by atoms with E-state index >= 15 is 0 Å². The minimum atomic E-state index is -0.431. The van der Waals surface area contributed by atoms with Gasteiger partial charge in [-0.15, -0.1) is 0 Å². The number of rotatable bonds is 2. The second-order valence-electron chi connectivity index (χ2n) is 15.5. The summed E-state index contributed by atoms with van der Waals surface area (Å²) in [6.45, 7) is 0. The summed E-state index contributed by atoms with van der Waals surface area (Å²) in [5, 5.41) is 13.1. The van der Waals surface area contributed by atoms with Crippen molar-refractivity contribution >= 4 is 53.9 Å². The van der Waals surface area contributed by atoms with Crippen LogP contribution in [-0.4, -0.2) is 0 Å². The van der Waals surface area contributed by atoms with Crippen LogP contribution in [0.15, 0.2) is 194 Å². The summed E-state index contributed by atoms with van der Waals surface area (Å²) in [6, 6.07) is 73.3. The van der Waals surface area contributed by atoms with Crippen molar-refractivity contribution in [1.82, 2.24) is 0 Å². The second kappa shape index (κ2) is 10.6. The van der Waals surface area contributed by atoms with Crippen molar-refractivity contribution < 1.29 is 0 Å². The van der Waals surface area contributed by atoms with Crippen LogP contribution in [0.4, 0.5) is 0 Å².